The molecule has 1 aromatic heterocycles. The van der Waals surface area contributed by atoms with Gasteiger partial charge in [-0.05, 0) is 24.6 Å². The summed E-state index contributed by atoms with van der Waals surface area (Å²) in [6.45, 7) is 0.938. The second kappa shape index (κ2) is 13.6. The molecule has 0 saturated carbocycles. The fraction of sp³-hybridized carbons (Fsp3) is 0.500. The number of aliphatic hydroxyl groups excluding tert-OH is 6. The molecule has 0 spiro atoms. The van der Waals surface area contributed by atoms with Crippen molar-refractivity contribution in [3.05, 3.63) is 40.8 Å². The number of ether oxygens (including phenoxy) is 7. The van der Waals surface area contributed by atoms with Gasteiger partial charge in [0.05, 0.1) is 39.6 Å². The van der Waals surface area contributed by atoms with E-state index in [1.165, 1.54) is 40.6 Å². The van der Waals surface area contributed by atoms with Gasteiger partial charge in [0.25, 0.3) is 0 Å². The van der Waals surface area contributed by atoms with Crippen LogP contribution in [-0.4, -0.2) is 125 Å². The zero-order valence-electron chi connectivity index (χ0n) is 25.2. The van der Waals surface area contributed by atoms with Crippen molar-refractivity contribution in [1.29, 1.82) is 0 Å². The van der Waals surface area contributed by atoms with Gasteiger partial charge in [0, 0.05) is 6.07 Å². The quantitative estimate of drug-likeness (QED) is 0.150. The first kappa shape index (κ1) is 33.6. The molecule has 3 aromatic rings. The summed E-state index contributed by atoms with van der Waals surface area (Å²) < 4.78 is 43.9. The van der Waals surface area contributed by atoms with Crippen molar-refractivity contribution in [3.63, 3.8) is 0 Å². The summed E-state index contributed by atoms with van der Waals surface area (Å²) in [5.41, 5.74) is -0.224. The highest BCUT2D eigenvalue weighted by Crippen LogP contribution is 2.43. The van der Waals surface area contributed by atoms with Crippen molar-refractivity contribution in [2.24, 2.45) is 0 Å². The second-order valence-corrected chi connectivity index (χ2v) is 10.8. The number of benzene rings is 2. The van der Waals surface area contributed by atoms with E-state index in [-0.39, 0.29) is 28.0 Å². The number of fused-ring (bicyclic) bond motifs is 1. The molecule has 10 unspecified atom stereocenters. The van der Waals surface area contributed by atoms with Crippen LogP contribution in [0.5, 0.6) is 28.7 Å². The highest BCUT2D eigenvalue weighted by atomic mass is 16.7. The number of phenolic OH excluding ortho intramolecular Hbond substituents is 1. The molecule has 2 aliphatic heterocycles. The number of methoxy groups -OCH3 is 3. The third-order valence-corrected chi connectivity index (χ3v) is 8.00. The molecule has 2 aromatic carbocycles. The minimum absolute atomic E-state index is 0.0916. The molecule has 7 N–H and O–H groups in total. The maximum absolute atomic E-state index is 13.5. The van der Waals surface area contributed by atoms with Crippen LogP contribution in [0.3, 0.4) is 0 Å². The summed E-state index contributed by atoms with van der Waals surface area (Å²) in [6, 6.07) is 6.00. The summed E-state index contributed by atoms with van der Waals surface area (Å²) in [4.78, 5) is 13.5. The third-order valence-electron chi connectivity index (χ3n) is 8.00. The Bertz CT molecular complexity index is 1590. The van der Waals surface area contributed by atoms with Crippen LogP contribution >= 0.6 is 0 Å². The molecular weight excluding hydrogens is 616 g/mol. The summed E-state index contributed by atoms with van der Waals surface area (Å²) in [6.07, 6.45) is -14.1. The van der Waals surface area contributed by atoms with E-state index in [1.807, 2.05) is 0 Å². The third kappa shape index (κ3) is 6.06. The Morgan fingerprint density at radius 3 is 2.11 bits per heavy atom. The highest BCUT2D eigenvalue weighted by Gasteiger charge is 2.47. The fourth-order valence-corrected chi connectivity index (χ4v) is 5.33. The Hall–Kier alpha value is -3.71. The average molecular weight is 653 g/mol. The Morgan fingerprint density at radius 1 is 0.761 bits per heavy atom. The lowest BCUT2D eigenvalue weighted by Crippen LogP contribution is -2.61. The van der Waals surface area contributed by atoms with Crippen molar-refractivity contribution < 1.29 is 73.3 Å². The number of aliphatic hydroxyl groups is 6. The molecule has 0 aliphatic carbocycles. The Kier molecular flexibility index (Phi) is 9.92. The van der Waals surface area contributed by atoms with E-state index < -0.39 is 79.2 Å². The standard InChI is InChI=1S/C30H36O16/c1-11-20(31)24(35)26(37)29(44-11)43-10-18-22(33)25(36)27(38)30(46-18)45-17-8-16-19(23(34)28(17)41-4)21(32)13(9-42-16)12-5-6-14(39-2)15(7-12)40-3/h5-9,11,18,20,22,24-27,29-31,33-38H,10H2,1-4H3. The van der Waals surface area contributed by atoms with Crippen LogP contribution in [0.2, 0.25) is 0 Å². The van der Waals surface area contributed by atoms with Gasteiger partial charge in [-0.15, -0.1) is 0 Å². The van der Waals surface area contributed by atoms with Crippen LogP contribution < -0.4 is 24.4 Å². The first-order valence-electron chi connectivity index (χ1n) is 14.2. The van der Waals surface area contributed by atoms with Crippen LogP contribution in [0.25, 0.3) is 22.1 Å². The number of aromatic hydroxyl groups is 1. The lowest BCUT2D eigenvalue weighted by molar-refractivity contribution is -0.318. The molecule has 252 valence electrons. The molecule has 0 amide bonds. The maximum Gasteiger partial charge on any atom is 0.229 e. The van der Waals surface area contributed by atoms with Gasteiger partial charge in [0.2, 0.25) is 17.5 Å². The zero-order chi connectivity index (χ0) is 33.4. The van der Waals surface area contributed by atoms with Gasteiger partial charge in [-0.2, -0.15) is 0 Å². The molecule has 3 heterocycles. The molecule has 2 fully saturated rings. The van der Waals surface area contributed by atoms with Gasteiger partial charge in [0.15, 0.2) is 29.3 Å². The molecule has 2 aliphatic rings. The van der Waals surface area contributed by atoms with Crippen LogP contribution in [-0.2, 0) is 14.2 Å². The van der Waals surface area contributed by atoms with Crippen molar-refractivity contribution in [1.82, 2.24) is 0 Å². The van der Waals surface area contributed by atoms with E-state index in [2.05, 4.69) is 0 Å². The topological polar surface area (TPSA) is 236 Å². The largest absolute Gasteiger partial charge is 0.504 e. The van der Waals surface area contributed by atoms with Crippen LogP contribution in [0.1, 0.15) is 6.92 Å². The molecule has 5 rings (SSSR count). The first-order valence-corrected chi connectivity index (χ1v) is 14.2. The minimum atomic E-state index is -1.82. The summed E-state index contributed by atoms with van der Waals surface area (Å²) in [5.74, 6) is -0.419. The molecule has 16 nitrogen and oxygen atoms in total. The van der Waals surface area contributed by atoms with Crippen molar-refractivity contribution >= 4 is 11.0 Å². The SMILES string of the molecule is COc1ccc(-c2coc3cc(OC4OC(COC5OC(C)C(O)C(O)C5O)C(O)C(O)C4O)c(OC)c(O)c3c2=O)cc1OC. The molecule has 0 bridgehead atoms. The number of hydrogen-bond donors (Lipinski definition) is 7. The van der Waals surface area contributed by atoms with Gasteiger partial charge in [-0.25, -0.2) is 0 Å². The molecule has 16 heteroatoms. The first-order chi connectivity index (χ1) is 21.9. The highest BCUT2D eigenvalue weighted by molar-refractivity contribution is 5.91. The van der Waals surface area contributed by atoms with Gasteiger partial charge >= 0.3 is 0 Å². The van der Waals surface area contributed by atoms with Gasteiger partial charge in [0.1, 0.15) is 60.0 Å². The van der Waals surface area contributed by atoms with Gasteiger partial charge < -0.3 is 73.3 Å². The Balaban J connectivity index is 1.41. The number of phenols is 1. The lowest BCUT2D eigenvalue weighted by Gasteiger charge is -2.42. The molecule has 10 atom stereocenters. The normalized spacial score (nSPS) is 31.4. The van der Waals surface area contributed by atoms with E-state index >= 15 is 0 Å². The number of rotatable bonds is 9. The van der Waals surface area contributed by atoms with Crippen molar-refractivity contribution in [2.45, 2.75) is 68.3 Å². The Labute approximate surface area is 261 Å². The van der Waals surface area contributed by atoms with E-state index in [4.69, 9.17) is 37.6 Å². The predicted octanol–water partition coefficient (Wildman–Crippen LogP) is -0.778. The van der Waals surface area contributed by atoms with E-state index in [1.54, 1.807) is 18.2 Å². The van der Waals surface area contributed by atoms with E-state index in [0.717, 1.165) is 0 Å². The van der Waals surface area contributed by atoms with Gasteiger partial charge in [-0.1, -0.05) is 6.07 Å². The molecule has 0 radical (unpaired) electrons. The van der Waals surface area contributed by atoms with Gasteiger partial charge in [-0.3, -0.25) is 4.79 Å². The van der Waals surface area contributed by atoms with Crippen molar-refractivity contribution in [2.75, 3.05) is 27.9 Å². The fourth-order valence-electron chi connectivity index (χ4n) is 5.33. The molecular formula is C30H36O16. The number of hydrogen-bond acceptors (Lipinski definition) is 16. The molecule has 46 heavy (non-hydrogen) atoms. The zero-order valence-corrected chi connectivity index (χ0v) is 25.2. The second-order valence-electron chi connectivity index (χ2n) is 10.8. The minimum Gasteiger partial charge on any atom is -0.504 e. The predicted molar refractivity (Wildman–Crippen MR) is 155 cm³/mol. The summed E-state index contributed by atoms with van der Waals surface area (Å²) in [5, 5.41) is 72.8. The van der Waals surface area contributed by atoms with E-state index in [0.29, 0.717) is 17.1 Å². The van der Waals surface area contributed by atoms with Crippen LogP contribution in [0, 0.1) is 0 Å². The summed E-state index contributed by atoms with van der Waals surface area (Å²) in [7, 11) is 4.11. The average Bonchev–Trinajstić information content (AvgIpc) is 3.05. The van der Waals surface area contributed by atoms with Crippen LogP contribution in [0.15, 0.2) is 39.7 Å². The molecule has 2 saturated heterocycles. The summed E-state index contributed by atoms with van der Waals surface area (Å²) >= 11 is 0. The van der Waals surface area contributed by atoms with Crippen molar-refractivity contribution in [3.8, 4) is 39.9 Å². The monoisotopic (exact) mass is 652 g/mol. The maximum atomic E-state index is 13.5. The smallest absolute Gasteiger partial charge is 0.229 e. The lowest BCUT2D eigenvalue weighted by atomic mass is 9.98. The van der Waals surface area contributed by atoms with Crippen LogP contribution in [0.4, 0.5) is 0 Å². The van der Waals surface area contributed by atoms with E-state index in [9.17, 15) is 40.5 Å². The Morgan fingerprint density at radius 2 is 1.43 bits per heavy atom.